The van der Waals surface area contributed by atoms with Crippen molar-refractivity contribution in [3.05, 3.63) is 70.4 Å². The smallest absolute Gasteiger partial charge is 0.123 e. The van der Waals surface area contributed by atoms with Crippen molar-refractivity contribution >= 4 is 21.4 Å². The van der Waals surface area contributed by atoms with E-state index in [1.165, 1.54) is 26.1 Å². The Hall–Kier alpha value is -1.75. The van der Waals surface area contributed by atoms with E-state index in [4.69, 9.17) is 4.74 Å². The molecule has 0 radical (unpaired) electrons. The van der Waals surface area contributed by atoms with Crippen LogP contribution in [0.2, 0.25) is 0 Å². The Morgan fingerprint density at radius 2 is 1.89 bits per heavy atom. The second-order valence-corrected chi connectivity index (χ2v) is 8.96. The number of hydrogen-bond donors (Lipinski definition) is 0. The third-order valence-electron chi connectivity index (χ3n) is 6.34. The zero-order chi connectivity index (χ0) is 19.7. The molecule has 4 rings (SSSR count). The number of benzene rings is 2. The molecule has 0 N–H and O–H groups in total. The minimum atomic E-state index is -0.182. The van der Waals surface area contributed by atoms with Crippen molar-refractivity contribution in [3.63, 3.8) is 0 Å². The molecule has 2 unspecified atom stereocenters. The molecule has 148 valence electrons. The molecule has 0 saturated heterocycles. The lowest BCUT2D eigenvalue weighted by Gasteiger charge is -2.41. The average molecular weight is 398 g/mol. The number of thiophene rings is 1. The van der Waals surface area contributed by atoms with E-state index < -0.39 is 0 Å². The van der Waals surface area contributed by atoms with Gasteiger partial charge in [0.25, 0.3) is 0 Å². The fourth-order valence-corrected chi connectivity index (χ4v) is 6.02. The summed E-state index contributed by atoms with van der Waals surface area (Å²) in [6.07, 6.45) is 4.05. The topological polar surface area (TPSA) is 12.5 Å². The number of rotatable bonds is 6. The summed E-state index contributed by atoms with van der Waals surface area (Å²) in [5.74, 6) is -0.182. The predicted octanol–water partition coefficient (Wildman–Crippen LogP) is 6.30. The van der Waals surface area contributed by atoms with Gasteiger partial charge in [-0.05, 0) is 74.5 Å². The summed E-state index contributed by atoms with van der Waals surface area (Å²) < 4.78 is 21.1. The zero-order valence-corrected chi connectivity index (χ0v) is 17.7. The van der Waals surface area contributed by atoms with E-state index in [2.05, 4.69) is 50.2 Å². The second kappa shape index (κ2) is 7.94. The van der Waals surface area contributed by atoms with E-state index in [0.29, 0.717) is 0 Å². The van der Waals surface area contributed by atoms with Crippen LogP contribution in [0.3, 0.4) is 0 Å². The molecular formula is C24H28FNOS. The largest absolute Gasteiger partial charge is 0.372 e. The van der Waals surface area contributed by atoms with E-state index in [0.717, 1.165) is 32.3 Å². The molecule has 4 heteroatoms. The van der Waals surface area contributed by atoms with Crippen LogP contribution in [-0.2, 0) is 16.7 Å². The molecule has 1 aliphatic heterocycles. The van der Waals surface area contributed by atoms with Gasteiger partial charge in [0.15, 0.2) is 0 Å². The Morgan fingerprint density at radius 3 is 2.61 bits per heavy atom. The zero-order valence-electron chi connectivity index (χ0n) is 16.9. The van der Waals surface area contributed by atoms with E-state index in [-0.39, 0.29) is 17.5 Å². The van der Waals surface area contributed by atoms with Crippen LogP contribution in [0.25, 0.3) is 10.1 Å². The number of halogens is 1. The molecule has 2 atom stereocenters. The molecule has 2 heterocycles. The van der Waals surface area contributed by atoms with Gasteiger partial charge in [-0.3, -0.25) is 4.90 Å². The van der Waals surface area contributed by atoms with Crippen molar-refractivity contribution < 1.29 is 9.13 Å². The molecule has 2 aromatic carbocycles. The summed E-state index contributed by atoms with van der Waals surface area (Å²) in [4.78, 5) is 3.69. The van der Waals surface area contributed by atoms with Crippen LogP contribution >= 0.6 is 11.3 Å². The standard InChI is InChI=1S/C24H28FNOS/c1-4-24(26(2)3,17-9-11-18(25)12-10-17)15-13-21-23-20(14-16-27-21)19-7-5-6-8-22(19)28-23/h5-12,21H,4,13-16H2,1-3H3. The Kier molecular flexibility index (Phi) is 5.55. The molecule has 0 amide bonds. The van der Waals surface area contributed by atoms with Gasteiger partial charge in [-0.2, -0.15) is 0 Å². The van der Waals surface area contributed by atoms with Crippen LogP contribution < -0.4 is 0 Å². The van der Waals surface area contributed by atoms with E-state index >= 15 is 0 Å². The number of ether oxygens (including phenoxy) is 1. The maximum atomic E-state index is 13.5. The minimum Gasteiger partial charge on any atom is -0.372 e. The molecule has 0 fully saturated rings. The maximum absolute atomic E-state index is 13.5. The fraction of sp³-hybridized carbons (Fsp3) is 0.417. The number of nitrogens with zero attached hydrogens (tertiary/aromatic N) is 1. The van der Waals surface area contributed by atoms with Crippen molar-refractivity contribution in [2.45, 2.75) is 44.2 Å². The first-order valence-electron chi connectivity index (χ1n) is 10.1. The number of fused-ring (bicyclic) bond motifs is 3. The van der Waals surface area contributed by atoms with Gasteiger partial charge < -0.3 is 4.74 Å². The monoisotopic (exact) mass is 397 g/mol. The summed E-state index contributed by atoms with van der Waals surface area (Å²) in [5.41, 5.74) is 2.53. The van der Waals surface area contributed by atoms with Crippen molar-refractivity contribution in [1.82, 2.24) is 4.90 Å². The second-order valence-electron chi connectivity index (χ2n) is 7.88. The first-order valence-corrected chi connectivity index (χ1v) is 10.9. The van der Waals surface area contributed by atoms with Gasteiger partial charge in [0.1, 0.15) is 5.82 Å². The Bertz CT molecular complexity index is 949. The molecule has 1 aromatic heterocycles. The molecular weight excluding hydrogens is 369 g/mol. The molecule has 3 aromatic rings. The Morgan fingerprint density at radius 1 is 1.14 bits per heavy atom. The lowest BCUT2D eigenvalue weighted by molar-refractivity contribution is 0.0215. The van der Waals surface area contributed by atoms with E-state index in [9.17, 15) is 4.39 Å². The normalized spacial score (nSPS) is 19.0. The highest BCUT2D eigenvalue weighted by molar-refractivity contribution is 7.19. The van der Waals surface area contributed by atoms with Gasteiger partial charge in [-0.1, -0.05) is 37.3 Å². The third-order valence-corrected chi connectivity index (χ3v) is 7.64. The Labute approximate surface area is 170 Å². The van der Waals surface area contributed by atoms with Crippen molar-refractivity contribution in [1.29, 1.82) is 0 Å². The molecule has 0 spiro atoms. The van der Waals surface area contributed by atoms with E-state index in [1.54, 1.807) is 12.1 Å². The average Bonchev–Trinajstić information content (AvgIpc) is 3.09. The van der Waals surface area contributed by atoms with Gasteiger partial charge >= 0.3 is 0 Å². The number of hydrogen-bond acceptors (Lipinski definition) is 3. The molecule has 0 saturated carbocycles. The summed E-state index contributed by atoms with van der Waals surface area (Å²) >= 11 is 1.88. The van der Waals surface area contributed by atoms with Gasteiger partial charge in [0.05, 0.1) is 12.7 Å². The highest BCUT2D eigenvalue weighted by Gasteiger charge is 2.35. The first-order chi connectivity index (χ1) is 13.5. The van der Waals surface area contributed by atoms with Crippen molar-refractivity contribution in [3.8, 4) is 0 Å². The first kappa shape index (κ1) is 19.6. The SMILES string of the molecule is CCC(CCC1OCCc2c1sc1ccccc21)(c1ccc(F)cc1)N(C)C. The summed E-state index contributed by atoms with van der Waals surface area (Å²) in [7, 11) is 4.25. The van der Waals surface area contributed by atoms with Gasteiger partial charge in [-0.15, -0.1) is 11.3 Å². The molecule has 0 bridgehead atoms. The maximum Gasteiger partial charge on any atom is 0.123 e. The lowest BCUT2D eigenvalue weighted by Crippen LogP contribution is -2.41. The highest BCUT2D eigenvalue weighted by atomic mass is 32.1. The van der Waals surface area contributed by atoms with Crippen LogP contribution in [0.15, 0.2) is 48.5 Å². The Balaban J connectivity index is 1.63. The van der Waals surface area contributed by atoms with Crippen LogP contribution in [0.4, 0.5) is 4.39 Å². The van der Waals surface area contributed by atoms with Crippen molar-refractivity contribution in [2.24, 2.45) is 0 Å². The molecule has 1 aliphatic rings. The van der Waals surface area contributed by atoms with Gasteiger partial charge in [0, 0.05) is 15.1 Å². The summed E-state index contributed by atoms with van der Waals surface area (Å²) in [6, 6.07) is 15.7. The quantitative estimate of drug-likeness (QED) is 0.484. The van der Waals surface area contributed by atoms with Crippen LogP contribution in [-0.4, -0.2) is 25.6 Å². The molecule has 28 heavy (non-hydrogen) atoms. The third kappa shape index (κ3) is 3.38. The lowest BCUT2D eigenvalue weighted by atomic mass is 9.80. The minimum absolute atomic E-state index is 0.120. The fourth-order valence-electron chi connectivity index (χ4n) is 4.68. The summed E-state index contributed by atoms with van der Waals surface area (Å²) in [5, 5.41) is 1.39. The van der Waals surface area contributed by atoms with Gasteiger partial charge in [-0.25, -0.2) is 4.39 Å². The van der Waals surface area contributed by atoms with Gasteiger partial charge in [0.2, 0.25) is 0 Å². The van der Waals surface area contributed by atoms with Crippen LogP contribution in [0, 0.1) is 5.82 Å². The van der Waals surface area contributed by atoms with Crippen molar-refractivity contribution in [2.75, 3.05) is 20.7 Å². The molecule has 0 aliphatic carbocycles. The van der Waals surface area contributed by atoms with E-state index in [1.807, 2.05) is 23.5 Å². The van der Waals surface area contributed by atoms with Crippen LogP contribution in [0.5, 0.6) is 0 Å². The summed E-state index contributed by atoms with van der Waals surface area (Å²) in [6.45, 7) is 3.01. The molecule has 2 nitrogen and oxygen atoms in total. The predicted molar refractivity (Wildman–Crippen MR) is 116 cm³/mol. The highest BCUT2D eigenvalue weighted by Crippen LogP contribution is 2.44. The van der Waals surface area contributed by atoms with Crippen LogP contribution in [0.1, 0.15) is 48.3 Å².